The number of hydrogen-bond acceptors (Lipinski definition) is 2. The number of amides is 1. The van der Waals surface area contributed by atoms with Crippen LogP contribution in [0.1, 0.15) is 21.5 Å². The first-order valence-corrected chi connectivity index (χ1v) is 5.98. The van der Waals surface area contributed by atoms with Crippen LogP contribution >= 0.6 is 11.6 Å². The van der Waals surface area contributed by atoms with Crippen molar-refractivity contribution < 1.29 is 4.79 Å². The highest BCUT2D eigenvalue weighted by molar-refractivity contribution is 6.31. The Labute approximate surface area is 111 Å². The van der Waals surface area contributed by atoms with Gasteiger partial charge in [-0.15, -0.1) is 0 Å². The fourth-order valence-corrected chi connectivity index (χ4v) is 1.79. The molecule has 0 radical (unpaired) electrons. The summed E-state index contributed by atoms with van der Waals surface area (Å²) in [5.41, 5.74) is 2.53. The van der Waals surface area contributed by atoms with Crippen LogP contribution in [0.2, 0.25) is 5.02 Å². The fraction of sp³-hybridized carbons (Fsp3) is 0.143. The quantitative estimate of drug-likeness (QED) is 0.922. The van der Waals surface area contributed by atoms with Crippen LogP contribution in [0.15, 0.2) is 42.7 Å². The van der Waals surface area contributed by atoms with Gasteiger partial charge in [-0.25, -0.2) is 0 Å². The molecule has 18 heavy (non-hydrogen) atoms. The summed E-state index contributed by atoms with van der Waals surface area (Å²) in [5, 5.41) is 3.42. The van der Waals surface area contributed by atoms with Crippen molar-refractivity contribution in [2.24, 2.45) is 0 Å². The van der Waals surface area contributed by atoms with Gasteiger partial charge in [0.15, 0.2) is 0 Å². The van der Waals surface area contributed by atoms with Crippen LogP contribution in [0.25, 0.3) is 0 Å². The molecule has 1 amide bonds. The van der Waals surface area contributed by atoms with E-state index < -0.39 is 0 Å². The normalized spacial score (nSPS) is 10.1. The zero-order valence-corrected chi connectivity index (χ0v) is 10.7. The summed E-state index contributed by atoms with van der Waals surface area (Å²) < 4.78 is 0. The third-order valence-corrected chi connectivity index (χ3v) is 2.88. The molecule has 0 unspecified atom stereocenters. The first-order chi connectivity index (χ1) is 8.66. The Hall–Kier alpha value is -1.87. The highest BCUT2D eigenvalue weighted by Gasteiger charge is 2.09. The average molecular weight is 261 g/mol. The van der Waals surface area contributed by atoms with E-state index in [9.17, 15) is 4.79 Å². The van der Waals surface area contributed by atoms with Crippen LogP contribution in [0, 0.1) is 6.92 Å². The van der Waals surface area contributed by atoms with Crippen molar-refractivity contribution >= 4 is 17.5 Å². The molecule has 0 aliphatic rings. The number of halogens is 1. The van der Waals surface area contributed by atoms with Gasteiger partial charge in [0.05, 0.1) is 0 Å². The predicted molar refractivity (Wildman–Crippen MR) is 71.6 cm³/mol. The van der Waals surface area contributed by atoms with E-state index in [0.717, 1.165) is 11.1 Å². The van der Waals surface area contributed by atoms with E-state index in [1.54, 1.807) is 24.5 Å². The molecule has 0 saturated heterocycles. The van der Waals surface area contributed by atoms with Crippen LogP contribution in [0.4, 0.5) is 0 Å². The van der Waals surface area contributed by atoms with Gasteiger partial charge in [0.2, 0.25) is 0 Å². The van der Waals surface area contributed by atoms with E-state index in [2.05, 4.69) is 10.3 Å². The highest BCUT2D eigenvalue weighted by atomic mass is 35.5. The maximum atomic E-state index is 12.0. The Morgan fingerprint density at radius 2 is 2.00 bits per heavy atom. The first kappa shape index (κ1) is 12.6. The molecule has 2 rings (SSSR count). The molecule has 2 aromatic rings. The molecule has 3 nitrogen and oxygen atoms in total. The monoisotopic (exact) mass is 260 g/mol. The van der Waals surface area contributed by atoms with Gasteiger partial charge in [0.25, 0.3) is 5.91 Å². The lowest BCUT2D eigenvalue weighted by Gasteiger charge is -2.08. The van der Waals surface area contributed by atoms with Gasteiger partial charge in [0, 0.05) is 29.5 Å². The molecule has 1 N–H and O–H groups in total. The van der Waals surface area contributed by atoms with Crippen molar-refractivity contribution in [3.05, 3.63) is 64.4 Å². The van der Waals surface area contributed by atoms with Gasteiger partial charge in [-0.05, 0) is 42.3 Å². The molecule has 0 bridgehead atoms. The lowest BCUT2D eigenvalue weighted by molar-refractivity contribution is 0.0950. The van der Waals surface area contributed by atoms with Gasteiger partial charge in [-0.1, -0.05) is 17.7 Å². The van der Waals surface area contributed by atoms with Crippen molar-refractivity contribution in [3.8, 4) is 0 Å². The summed E-state index contributed by atoms with van der Waals surface area (Å²) in [7, 11) is 0. The molecule has 0 saturated carbocycles. The van der Waals surface area contributed by atoms with Crippen molar-refractivity contribution in [2.45, 2.75) is 13.5 Å². The Morgan fingerprint density at radius 3 is 2.72 bits per heavy atom. The maximum Gasteiger partial charge on any atom is 0.251 e. The van der Waals surface area contributed by atoms with Crippen molar-refractivity contribution in [1.29, 1.82) is 0 Å². The number of rotatable bonds is 3. The minimum absolute atomic E-state index is 0.119. The minimum Gasteiger partial charge on any atom is -0.348 e. The molecular weight excluding hydrogens is 248 g/mol. The summed E-state index contributed by atoms with van der Waals surface area (Å²) >= 11 is 5.89. The van der Waals surface area contributed by atoms with E-state index >= 15 is 0 Å². The molecule has 1 aromatic heterocycles. The third-order valence-electron chi connectivity index (χ3n) is 2.65. The SMILES string of the molecule is Cc1ccc(Cl)cc1C(=O)NCc1ccncc1. The van der Waals surface area contributed by atoms with Crippen molar-refractivity contribution in [3.63, 3.8) is 0 Å². The lowest BCUT2D eigenvalue weighted by Crippen LogP contribution is -2.23. The van der Waals surface area contributed by atoms with Crippen molar-refractivity contribution in [1.82, 2.24) is 10.3 Å². The highest BCUT2D eigenvalue weighted by Crippen LogP contribution is 2.15. The van der Waals surface area contributed by atoms with Gasteiger partial charge < -0.3 is 5.32 Å². The fourth-order valence-electron chi connectivity index (χ4n) is 1.62. The van der Waals surface area contributed by atoms with Crippen LogP contribution in [0.3, 0.4) is 0 Å². The van der Waals surface area contributed by atoms with Gasteiger partial charge in [0.1, 0.15) is 0 Å². The number of pyridine rings is 1. The molecule has 0 fully saturated rings. The molecule has 0 aliphatic carbocycles. The first-order valence-electron chi connectivity index (χ1n) is 5.60. The summed E-state index contributed by atoms with van der Waals surface area (Å²) in [4.78, 5) is 15.9. The van der Waals surface area contributed by atoms with Crippen LogP contribution in [-0.2, 0) is 6.54 Å². The van der Waals surface area contributed by atoms with E-state index in [0.29, 0.717) is 17.1 Å². The molecule has 4 heteroatoms. The number of carbonyl (C=O) groups is 1. The lowest BCUT2D eigenvalue weighted by atomic mass is 10.1. The van der Waals surface area contributed by atoms with Crippen LogP contribution in [0.5, 0.6) is 0 Å². The smallest absolute Gasteiger partial charge is 0.251 e. The zero-order chi connectivity index (χ0) is 13.0. The number of nitrogens with zero attached hydrogens (tertiary/aromatic N) is 1. The molecule has 0 spiro atoms. The minimum atomic E-state index is -0.119. The standard InChI is InChI=1S/C14H13ClN2O/c1-10-2-3-12(15)8-13(10)14(18)17-9-11-4-6-16-7-5-11/h2-8H,9H2,1H3,(H,17,18). The molecule has 1 heterocycles. The number of hydrogen-bond donors (Lipinski definition) is 1. The molecule has 0 atom stereocenters. The zero-order valence-electron chi connectivity index (χ0n) is 9.98. The topological polar surface area (TPSA) is 42.0 Å². The van der Waals surface area contributed by atoms with Crippen molar-refractivity contribution in [2.75, 3.05) is 0 Å². The molecular formula is C14H13ClN2O. The Balaban J connectivity index is 2.06. The molecule has 1 aromatic carbocycles. The second-order valence-electron chi connectivity index (χ2n) is 4.00. The largest absolute Gasteiger partial charge is 0.348 e. The van der Waals surface area contributed by atoms with E-state index in [-0.39, 0.29) is 5.91 Å². The van der Waals surface area contributed by atoms with Crippen LogP contribution in [-0.4, -0.2) is 10.9 Å². The predicted octanol–water partition coefficient (Wildman–Crippen LogP) is 2.97. The number of aromatic nitrogens is 1. The Morgan fingerprint density at radius 1 is 1.28 bits per heavy atom. The number of carbonyl (C=O) groups excluding carboxylic acids is 1. The molecule has 92 valence electrons. The third kappa shape index (κ3) is 3.08. The summed E-state index contributed by atoms with van der Waals surface area (Å²) in [5.74, 6) is -0.119. The Bertz CT molecular complexity index is 555. The summed E-state index contributed by atoms with van der Waals surface area (Å²) in [6.45, 7) is 2.37. The van der Waals surface area contributed by atoms with E-state index in [1.807, 2.05) is 25.1 Å². The van der Waals surface area contributed by atoms with Gasteiger partial charge in [-0.2, -0.15) is 0 Å². The maximum absolute atomic E-state index is 12.0. The Kier molecular flexibility index (Phi) is 3.95. The second kappa shape index (κ2) is 5.65. The number of aryl methyl sites for hydroxylation is 1. The van der Waals surface area contributed by atoms with E-state index in [4.69, 9.17) is 11.6 Å². The van der Waals surface area contributed by atoms with Gasteiger partial charge in [-0.3, -0.25) is 9.78 Å². The number of benzene rings is 1. The summed E-state index contributed by atoms with van der Waals surface area (Å²) in [6, 6.07) is 9.02. The van der Waals surface area contributed by atoms with Gasteiger partial charge >= 0.3 is 0 Å². The average Bonchev–Trinajstić information content (AvgIpc) is 2.40. The van der Waals surface area contributed by atoms with E-state index in [1.165, 1.54) is 0 Å². The molecule has 0 aliphatic heterocycles. The summed E-state index contributed by atoms with van der Waals surface area (Å²) in [6.07, 6.45) is 3.40. The van der Waals surface area contributed by atoms with Crippen LogP contribution < -0.4 is 5.32 Å². The number of nitrogens with one attached hydrogen (secondary N) is 1. The second-order valence-corrected chi connectivity index (χ2v) is 4.43.